The van der Waals surface area contributed by atoms with Gasteiger partial charge in [-0.3, -0.25) is 9.63 Å². The largest absolute Gasteiger partial charge is 0.738 e. The zero-order valence-electron chi connectivity index (χ0n) is 12.6. The van der Waals surface area contributed by atoms with Crippen LogP contribution >= 0.6 is 0 Å². The van der Waals surface area contributed by atoms with Crippen molar-refractivity contribution in [1.29, 1.82) is 0 Å². The minimum Gasteiger partial charge on any atom is -0.738 e. The lowest BCUT2D eigenvalue weighted by Gasteiger charge is -2.18. The molecular formula is C15H22NO5-. The summed E-state index contributed by atoms with van der Waals surface area (Å²) in [5.41, 5.74) is 2.11. The summed E-state index contributed by atoms with van der Waals surface area (Å²) in [4.78, 5) is 16.0. The summed E-state index contributed by atoms with van der Waals surface area (Å²) in [7, 11) is 0. The van der Waals surface area contributed by atoms with Gasteiger partial charge in [-0.1, -0.05) is 38.1 Å². The van der Waals surface area contributed by atoms with Gasteiger partial charge in [-0.25, -0.2) is 0 Å². The molecule has 0 saturated carbocycles. The molecule has 0 aliphatic rings. The molecule has 0 saturated heterocycles. The van der Waals surface area contributed by atoms with Crippen LogP contribution in [0.3, 0.4) is 0 Å². The van der Waals surface area contributed by atoms with E-state index in [0.29, 0.717) is 5.92 Å². The Bertz CT molecular complexity index is 430. The highest BCUT2D eigenvalue weighted by Gasteiger charge is 2.16. The Morgan fingerprint density at radius 3 is 2.38 bits per heavy atom. The average Bonchev–Trinajstić information content (AvgIpc) is 2.42. The summed E-state index contributed by atoms with van der Waals surface area (Å²) in [6.45, 7) is 5.79. The Labute approximate surface area is 124 Å². The minimum absolute atomic E-state index is 0.0894. The molecule has 1 aromatic carbocycles. The van der Waals surface area contributed by atoms with Gasteiger partial charge in [0.15, 0.2) is 0 Å². The Morgan fingerprint density at radius 1 is 1.24 bits per heavy atom. The van der Waals surface area contributed by atoms with Gasteiger partial charge in [-0.2, -0.15) is 0 Å². The van der Waals surface area contributed by atoms with Gasteiger partial charge >= 0.3 is 5.97 Å². The number of rotatable bonds is 8. The average molecular weight is 296 g/mol. The van der Waals surface area contributed by atoms with Crippen molar-refractivity contribution >= 4 is 5.97 Å². The van der Waals surface area contributed by atoms with Crippen molar-refractivity contribution in [2.24, 2.45) is 5.92 Å². The molecule has 21 heavy (non-hydrogen) atoms. The number of ether oxygens (including phenoxy) is 1. The van der Waals surface area contributed by atoms with Crippen LogP contribution < -0.4 is 0 Å². The van der Waals surface area contributed by atoms with Crippen LogP contribution in [0.25, 0.3) is 0 Å². The van der Waals surface area contributed by atoms with Crippen molar-refractivity contribution in [3.8, 4) is 0 Å². The van der Waals surface area contributed by atoms with E-state index in [1.165, 1.54) is 5.56 Å². The molecule has 1 N–H and O–H groups in total. The predicted molar refractivity (Wildman–Crippen MR) is 77.3 cm³/mol. The monoisotopic (exact) mass is 296 g/mol. The maximum Gasteiger partial charge on any atom is 0.313 e. The first-order chi connectivity index (χ1) is 9.90. The number of esters is 1. The summed E-state index contributed by atoms with van der Waals surface area (Å²) < 4.78 is 4.96. The van der Waals surface area contributed by atoms with Crippen LogP contribution in [0.2, 0.25) is 0 Å². The molecule has 0 aliphatic carbocycles. The molecule has 6 nitrogen and oxygen atoms in total. The molecule has 0 aliphatic heterocycles. The van der Waals surface area contributed by atoms with Gasteiger partial charge in [0, 0.05) is 0 Å². The predicted octanol–water partition coefficient (Wildman–Crippen LogP) is 2.65. The lowest BCUT2D eigenvalue weighted by molar-refractivity contribution is -0.308. The molecule has 1 rings (SSSR count). The van der Waals surface area contributed by atoms with Gasteiger partial charge in [-0.15, -0.1) is 5.39 Å². The fraction of sp³-hybridized carbons (Fsp3) is 0.533. The van der Waals surface area contributed by atoms with Gasteiger partial charge in [0.25, 0.3) is 0 Å². The molecule has 0 bridgehead atoms. The van der Waals surface area contributed by atoms with Gasteiger partial charge in [-0.05, 0) is 30.4 Å². The zero-order valence-corrected chi connectivity index (χ0v) is 12.6. The lowest BCUT2D eigenvalue weighted by atomic mass is 9.97. The number of carbonyl (C=O) groups excluding carboxylic acids is 1. The Balaban J connectivity index is 2.46. The molecule has 0 amide bonds. The van der Waals surface area contributed by atoms with Crippen LogP contribution in [0.15, 0.2) is 24.3 Å². The van der Waals surface area contributed by atoms with Crippen molar-refractivity contribution in [1.82, 2.24) is 5.39 Å². The summed E-state index contributed by atoms with van der Waals surface area (Å²) in [6, 6.07) is 7.88. The minimum atomic E-state index is -0.662. The third kappa shape index (κ3) is 6.68. The third-order valence-electron chi connectivity index (χ3n) is 3.01. The molecule has 0 spiro atoms. The molecule has 6 heteroatoms. The highest BCUT2D eigenvalue weighted by Crippen LogP contribution is 2.18. The van der Waals surface area contributed by atoms with Crippen molar-refractivity contribution in [2.75, 3.05) is 13.2 Å². The Kier molecular flexibility index (Phi) is 7.31. The highest BCUT2D eigenvalue weighted by molar-refractivity contribution is 5.77. The second-order valence-corrected chi connectivity index (χ2v) is 5.30. The van der Waals surface area contributed by atoms with E-state index in [-0.39, 0.29) is 13.2 Å². The van der Waals surface area contributed by atoms with Gasteiger partial charge in [0.2, 0.25) is 0 Å². The molecule has 1 atom stereocenters. The number of hydrogen-bond donors (Lipinski definition) is 1. The number of benzene rings is 1. The van der Waals surface area contributed by atoms with E-state index in [1.54, 1.807) is 6.92 Å². The van der Waals surface area contributed by atoms with Crippen LogP contribution in [0.1, 0.15) is 37.8 Å². The second-order valence-electron chi connectivity index (χ2n) is 5.30. The first kappa shape index (κ1) is 17.6. The smallest absolute Gasteiger partial charge is 0.313 e. The number of nitrogens with zero attached hydrogens (tertiary/aromatic N) is 1. The molecule has 0 radical (unpaired) electrons. The van der Waals surface area contributed by atoms with E-state index in [0.717, 1.165) is 12.0 Å². The van der Waals surface area contributed by atoms with E-state index in [9.17, 15) is 10.0 Å². The second kappa shape index (κ2) is 8.74. The van der Waals surface area contributed by atoms with E-state index < -0.39 is 17.3 Å². The SMILES string of the molecule is CC(C)Cc1ccc([C@@H](C)C(=O)OCCON([O-])O)cc1. The van der Waals surface area contributed by atoms with Crippen LogP contribution in [0, 0.1) is 11.1 Å². The van der Waals surface area contributed by atoms with Crippen molar-refractivity contribution in [3.63, 3.8) is 0 Å². The van der Waals surface area contributed by atoms with E-state index >= 15 is 0 Å². The van der Waals surface area contributed by atoms with Crippen molar-refractivity contribution in [2.45, 2.75) is 33.1 Å². The van der Waals surface area contributed by atoms with Gasteiger partial charge in [0.1, 0.15) is 13.2 Å². The summed E-state index contributed by atoms with van der Waals surface area (Å²) in [6.07, 6.45) is 1.00. The third-order valence-corrected chi connectivity index (χ3v) is 3.01. The fourth-order valence-corrected chi connectivity index (χ4v) is 1.93. The van der Waals surface area contributed by atoms with Gasteiger partial charge < -0.3 is 15.2 Å². The normalized spacial score (nSPS) is 12.7. The van der Waals surface area contributed by atoms with Crippen LogP contribution in [-0.4, -0.2) is 29.8 Å². The topological polar surface area (TPSA) is 82.1 Å². The van der Waals surface area contributed by atoms with Crippen molar-refractivity contribution in [3.05, 3.63) is 40.6 Å². The van der Waals surface area contributed by atoms with E-state index in [1.807, 2.05) is 24.3 Å². The summed E-state index contributed by atoms with van der Waals surface area (Å²) in [5, 5.41) is 17.6. The molecule has 0 fully saturated rings. The molecule has 0 unspecified atom stereocenters. The molecule has 1 aromatic rings. The maximum absolute atomic E-state index is 11.8. The number of carbonyl (C=O) groups is 1. The van der Waals surface area contributed by atoms with Crippen LogP contribution in [0.5, 0.6) is 0 Å². The van der Waals surface area contributed by atoms with E-state index in [4.69, 9.17) is 9.94 Å². The molecule has 118 valence electrons. The fourth-order valence-electron chi connectivity index (χ4n) is 1.93. The van der Waals surface area contributed by atoms with Crippen LogP contribution in [-0.2, 0) is 20.8 Å². The Morgan fingerprint density at radius 2 is 1.86 bits per heavy atom. The van der Waals surface area contributed by atoms with Crippen LogP contribution in [0.4, 0.5) is 0 Å². The summed E-state index contributed by atoms with van der Waals surface area (Å²) >= 11 is 0. The summed E-state index contributed by atoms with van der Waals surface area (Å²) in [5.74, 6) is -0.202. The first-order valence-electron chi connectivity index (χ1n) is 6.94. The highest BCUT2D eigenvalue weighted by atomic mass is 17.1. The standard InChI is InChI=1S/C15H22NO5/c1-11(2)10-13-4-6-14(7-5-13)12(3)15(17)20-8-9-21-16(18)19/h4-7,11-12,18H,8-10H2,1-3H3/q-1/t12-/m1/s1. The molecule has 0 heterocycles. The molecular weight excluding hydrogens is 274 g/mol. The molecule has 0 aromatic heterocycles. The Hall–Kier alpha value is -1.47. The zero-order chi connectivity index (χ0) is 15.8. The van der Waals surface area contributed by atoms with Crippen molar-refractivity contribution < 1.29 is 19.6 Å². The van der Waals surface area contributed by atoms with E-state index in [2.05, 4.69) is 18.7 Å². The lowest BCUT2D eigenvalue weighted by Crippen LogP contribution is -2.19. The van der Waals surface area contributed by atoms with Gasteiger partial charge in [0.05, 0.1) is 5.92 Å². The number of hydrogen-bond acceptors (Lipinski definition) is 6. The quantitative estimate of drug-likeness (QED) is 0.451. The first-order valence-corrected chi connectivity index (χ1v) is 6.94. The maximum atomic E-state index is 11.8.